The molecule has 2 aromatic carbocycles. The SMILES string of the molecule is CCOC(=O)c1ccc(CNC(=O)NCCCN2C(=O)c3ccc(Br)cc3C2=O)cc1. The first kappa shape index (κ1) is 22.5. The Labute approximate surface area is 188 Å². The molecule has 2 aromatic rings. The van der Waals surface area contributed by atoms with Gasteiger partial charge < -0.3 is 15.4 Å². The fraction of sp³-hybridized carbons (Fsp3) is 0.273. The molecule has 4 amide bonds. The zero-order valence-electron chi connectivity index (χ0n) is 16.9. The van der Waals surface area contributed by atoms with Crippen molar-refractivity contribution in [1.29, 1.82) is 0 Å². The van der Waals surface area contributed by atoms with Gasteiger partial charge in [-0.15, -0.1) is 0 Å². The maximum absolute atomic E-state index is 12.4. The summed E-state index contributed by atoms with van der Waals surface area (Å²) in [6.45, 7) is 2.88. The molecule has 0 unspecified atom stereocenters. The molecule has 0 fully saturated rings. The first-order chi connectivity index (χ1) is 14.9. The number of ether oxygens (including phenoxy) is 1. The van der Waals surface area contributed by atoms with E-state index in [-0.39, 0.29) is 30.4 Å². The van der Waals surface area contributed by atoms with Gasteiger partial charge in [-0.3, -0.25) is 14.5 Å². The highest BCUT2D eigenvalue weighted by Gasteiger charge is 2.34. The number of carbonyl (C=O) groups is 4. The zero-order valence-corrected chi connectivity index (χ0v) is 18.5. The summed E-state index contributed by atoms with van der Waals surface area (Å²) in [5, 5.41) is 5.42. The van der Waals surface area contributed by atoms with Crippen molar-refractivity contribution in [3.8, 4) is 0 Å². The van der Waals surface area contributed by atoms with Crippen molar-refractivity contribution in [3.63, 3.8) is 0 Å². The number of nitrogens with one attached hydrogen (secondary N) is 2. The number of rotatable bonds is 8. The van der Waals surface area contributed by atoms with E-state index in [1.54, 1.807) is 49.4 Å². The molecule has 0 saturated carbocycles. The average molecular weight is 488 g/mol. The molecule has 162 valence electrons. The van der Waals surface area contributed by atoms with Gasteiger partial charge in [0, 0.05) is 24.1 Å². The Morgan fingerprint density at radius 1 is 1.00 bits per heavy atom. The summed E-state index contributed by atoms with van der Waals surface area (Å²) in [6, 6.07) is 11.4. The maximum atomic E-state index is 12.4. The summed E-state index contributed by atoms with van der Waals surface area (Å²) in [4.78, 5) is 49.6. The number of urea groups is 1. The Balaban J connectivity index is 1.39. The minimum Gasteiger partial charge on any atom is -0.462 e. The van der Waals surface area contributed by atoms with Gasteiger partial charge >= 0.3 is 12.0 Å². The lowest BCUT2D eigenvalue weighted by molar-refractivity contribution is 0.0525. The number of halogens is 1. The van der Waals surface area contributed by atoms with Gasteiger partial charge in [0.15, 0.2) is 0 Å². The van der Waals surface area contributed by atoms with Gasteiger partial charge in [-0.2, -0.15) is 0 Å². The number of benzene rings is 2. The lowest BCUT2D eigenvalue weighted by atomic mass is 10.1. The van der Waals surface area contributed by atoms with Crippen molar-refractivity contribution in [2.45, 2.75) is 19.9 Å². The second kappa shape index (κ2) is 10.2. The first-order valence-corrected chi connectivity index (χ1v) is 10.6. The van der Waals surface area contributed by atoms with Gasteiger partial charge in [-0.05, 0) is 49.2 Å². The van der Waals surface area contributed by atoms with Crippen LogP contribution in [0.25, 0.3) is 0 Å². The van der Waals surface area contributed by atoms with E-state index in [1.165, 1.54) is 4.90 Å². The fourth-order valence-electron chi connectivity index (χ4n) is 3.12. The Kier molecular flexibility index (Phi) is 7.41. The van der Waals surface area contributed by atoms with Crippen LogP contribution < -0.4 is 10.6 Å². The molecule has 2 N–H and O–H groups in total. The van der Waals surface area contributed by atoms with Crippen molar-refractivity contribution in [3.05, 3.63) is 69.2 Å². The second-order valence-corrected chi connectivity index (χ2v) is 7.75. The van der Waals surface area contributed by atoms with Crippen LogP contribution in [0, 0.1) is 0 Å². The Bertz CT molecular complexity index is 1010. The highest BCUT2D eigenvalue weighted by Crippen LogP contribution is 2.25. The Morgan fingerprint density at radius 2 is 1.71 bits per heavy atom. The van der Waals surface area contributed by atoms with E-state index >= 15 is 0 Å². The van der Waals surface area contributed by atoms with Crippen LogP contribution in [0.2, 0.25) is 0 Å². The maximum Gasteiger partial charge on any atom is 0.338 e. The minimum absolute atomic E-state index is 0.222. The number of fused-ring (bicyclic) bond motifs is 1. The summed E-state index contributed by atoms with van der Waals surface area (Å²) in [5.41, 5.74) is 2.07. The highest BCUT2D eigenvalue weighted by atomic mass is 79.9. The molecule has 1 heterocycles. The van der Waals surface area contributed by atoms with Crippen LogP contribution in [0.5, 0.6) is 0 Å². The van der Waals surface area contributed by atoms with E-state index in [4.69, 9.17) is 4.74 Å². The molecule has 0 bridgehead atoms. The van der Waals surface area contributed by atoms with Crippen LogP contribution in [0.1, 0.15) is 50.0 Å². The van der Waals surface area contributed by atoms with Crippen molar-refractivity contribution >= 4 is 39.7 Å². The monoisotopic (exact) mass is 487 g/mol. The summed E-state index contributed by atoms with van der Waals surface area (Å²) in [7, 11) is 0. The van der Waals surface area contributed by atoms with Crippen LogP contribution in [0.3, 0.4) is 0 Å². The smallest absolute Gasteiger partial charge is 0.338 e. The van der Waals surface area contributed by atoms with E-state index in [9.17, 15) is 19.2 Å². The van der Waals surface area contributed by atoms with Crippen LogP contribution in [-0.2, 0) is 11.3 Å². The Morgan fingerprint density at radius 3 is 2.42 bits per heavy atom. The van der Waals surface area contributed by atoms with Crippen molar-refractivity contribution in [2.24, 2.45) is 0 Å². The van der Waals surface area contributed by atoms with Gasteiger partial charge in [0.2, 0.25) is 0 Å². The molecule has 9 heteroatoms. The molecule has 0 atom stereocenters. The first-order valence-electron chi connectivity index (χ1n) is 9.84. The number of hydrogen-bond acceptors (Lipinski definition) is 5. The van der Waals surface area contributed by atoms with Gasteiger partial charge in [0.05, 0.1) is 23.3 Å². The third-order valence-corrected chi connectivity index (χ3v) is 5.19. The second-order valence-electron chi connectivity index (χ2n) is 6.83. The zero-order chi connectivity index (χ0) is 22.4. The predicted molar refractivity (Wildman–Crippen MR) is 117 cm³/mol. The average Bonchev–Trinajstić information content (AvgIpc) is 2.99. The lowest BCUT2D eigenvalue weighted by Gasteiger charge is -2.14. The Hall–Kier alpha value is -3.20. The largest absolute Gasteiger partial charge is 0.462 e. The van der Waals surface area contributed by atoms with Crippen LogP contribution in [0.15, 0.2) is 46.9 Å². The van der Waals surface area contributed by atoms with Crippen molar-refractivity contribution < 1.29 is 23.9 Å². The number of imide groups is 1. The molecule has 0 aliphatic carbocycles. The van der Waals surface area contributed by atoms with Gasteiger partial charge in [-0.1, -0.05) is 28.1 Å². The van der Waals surface area contributed by atoms with Crippen molar-refractivity contribution in [1.82, 2.24) is 15.5 Å². The molecule has 0 spiro atoms. The summed E-state index contributed by atoms with van der Waals surface area (Å²) in [5.74, 6) is -1.02. The molecule has 3 rings (SSSR count). The normalized spacial score (nSPS) is 12.5. The van der Waals surface area contributed by atoms with Crippen molar-refractivity contribution in [2.75, 3.05) is 19.7 Å². The van der Waals surface area contributed by atoms with E-state index in [0.29, 0.717) is 42.8 Å². The van der Waals surface area contributed by atoms with Crippen LogP contribution >= 0.6 is 15.9 Å². The van der Waals surface area contributed by atoms with E-state index in [1.807, 2.05) is 0 Å². The molecule has 0 saturated heterocycles. The topological polar surface area (TPSA) is 105 Å². The quantitative estimate of drug-likeness (QED) is 0.338. The summed E-state index contributed by atoms with van der Waals surface area (Å²) < 4.78 is 5.67. The number of nitrogens with zero attached hydrogens (tertiary/aromatic N) is 1. The van der Waals surface area contributed by atoms with E-state index in [2.05, 4.69) is 26.6 Å². The minimum atomic E-state index is -0.384. The molecule has 0 aromatic heterocycles. The molecule has 1 aliphatic rings. The third-order valence-electron chi connectivity index (χ3n) is 4.69. The van der Waals surface area contributed by atoms with Crippen LogP contribution in [0.4, 0.5) is 4.79 Å². The summed E-state index contributed by atoms with van der Waals surface area (Å²) in [6.07, 6.45) is 0.439. The number of esters is 1. The molecular weight excluding hydrogens is 466 g/mol. The van der Waals surface area contributed by atoms with Gasteiger partial charge in [0.1, 0.15) is 0 Å². The highest BCUT2D eigenvalue weighted by molar-refractivity contribution is 9.10. The summed E-state index contributed by atoms with van der Waals surface area (Å²) >= 11 is 3.30. The predicted octanol–water partition coefficient (Wildman–Crippen LogP) is 3.11. The molecule has 0 radical (unpaired) electrons. The fourth-order valence-corrected chi connectivity index (χ4v) is 3.48. The number of carbonyl (C=O) groups excluding carboxylic acids is 4. The van der Waals surface area contributed by atoms with E-state index in [0.717, 1.165) is 10.0 Å². The number of hydrogen-bond donors (Lipinski definition) is 2. The van der Waals surface area contributed by atoms with Gasteiger partial charge in [-0.25, -0.2) is 9.59 Å². The molecule has 1 aliphatic heterocycles. The molecule has 8 nitrogen and oxygen atoms in total. The lowest BCUT2D eigenvalue weighted by Crippen LogP contribution is -2.37. The van der Waals surface area contributed by atoms with E-state index < -0.39 is 0 Å². The van der Waals surface area contributed by atoms with Crippen LogP contribution in [-0.4, -0.2) is 48.4 Å². The standard InChI is InChI=1S/C22H22BrN3O5/c1-2-31-21(29)15-6-4-14(5-7-15)13-25-22(30)24-10-3-11-26-19(27)17-9-8-16(23)12-18(17)20(26)28/h4-9,12H,2-3,10-11,13H2,1H3,(H2,24,25,30). The third kappa shape index (κ3) is 5.49. The number of amides is 4. The molecule has 31 heavy (non-hydrogen) atoms. The van der Waals surface area contributed by atoms with Gasteiger partial charge in [0.25, 0.3) is 11.8 Å². The molecular formula is C22H22BrN3O5.